The molecule has 0 saturated carbocycles. The molecule has 0 radical (unpaired) electrons. The lowest BCUT2D eigenvalue weighted by molar-refractivity contribution is -0.156. The number of carbonyl (C=O) groups excluding carboxylic acids is 17. The van der Waals surface area contributed by atoms with E-state index in [1.54, 1.807) is 77.8 Å². The van der Waals surface area contributed by atoms with E-state index in [0.29, 0.717) is 76.7 Å². The van der Waals surface area contributed by atoms with Gasteiger partial charge in [-0.25, -0.2) is 4.79 Å². The van der Waals surface area contributed by atoms with Crippen LogP contribution in [0, 0.1) is 5.92 Å². The van der Waals surface area contributed by atoms with Gasteiger partial charge in [0.2, 0.25) is 88.6 Å². The van der Waals surface area contributed by atoms with E-state index in [9.17, 15) is 112 Å². The zero-order valence-electron chi connectivity index (χ0n) is 77.3. The van der Waals surface area contributed by atoms with Crippen LogP contribution < -0.4 is 90.8 Å². The molecular weight excluding hydrogens is 1870 g/mol. The molecule has 24 N–H and O–H groups in total. The summed E-state index contributed by atoms with van der Waals surface area (Å²) in [5, 5.41) is 84.0. The molecule has 1 aromatic heterocycles. The van der Waals surface area contributed by atoms with Gasteiger partial charge < -0.3 is 131 Å². The highest BCUT2D eigenvalue weighted by Gasteiger charge is 2.42. The number of cyclic esters (lactones) is 1. The molecule has 13 unspecified atom stereocenters. The van der Waals surface area contributed by atoms with E-state index in [1.165, 1.54) is 30.3 Å². The topological polar surface area (TPSA) is 712 Å². The number of carbonyl (C=O) groups is 21. The van der Waals surface area contributed by atoms with E-state index in [-0.39, 0.29) is 49.5 Å². The molecule has 0 bridgehead atoms. The van der Waals surface area contributed by atoms with Crippen molar-refractivity contribution in [2.24, 2.45) is 11.7 Å². The number of esters is 1. The van der Waals surface area contributed by atoms with Crippen molar-refractivity contribution in [3.05, 3.63) is 136 Å². The molecule has 5 aromatic rings. The van der Waals surface area contributed by atoms with Crippen LogP contribution in [0.2, 0.25) is 10.0 Å². The Kier molecular flexibility index (Phi) is 45.1. The number of ether oxygens (including phenoxy) is 1. The van der Waals surface area contributed by atoms with E-state index < -0.39 is 261 Å². The Morgan fingerprint density at radius 1 is 0.564 bits per heavy atom. The number of nitrogens with one attached hydrogen (secondary N) is 15. The van der Waals surface area contributed by atoms with Gasteiger partial charge in [-0.3, -0.25) is 95.9 Å². The van der Waals surface area contributed by atoms with Gasteiger partial charge in [-0.2, -0.15) is 0 Å². The average Bonchev–Trinajstić information content (AvgIpc) is 1.72. The minimum atomic E-state index is -2.49. The molecule has 4 aromatic carbocycles. The summed E-state index contributed by atoms with van der Waals surface area (Å²) in [4.78, 5) is 298. The monoisotopic (exact) mass is 1990 g/mol. The van der Waals surface area contributed by atoms with E-state index in [1.807, 2.05) is 16.7 Å². The van der Waals surface area contributed by atoms with Crippen molar-refractivity contribution in [1.82, 2.24) is 84.3 Å². The summed E-state index contributed by atoms with van der Waals surface area (Å²) in [5.41, 5.74) is 14.7. The minimum absolute atomic E-state index is 0.0304. The number of Topliss-reactive ketones (excluding diaryl/α,β-unsaturated/α-hetero) is 1. The van der Waals surface area contributed by atoms with Crippen LogP contribution in [0.1, 0.15) is 157 Å². The average molecular weight is 1990 g/mol. The van der Waals surface area contributed by atoms with Crippen molar-refractivity contribution < 1.29 is 131 Å². The van der Waals surface area contributed by atoms with E-state index in [0.717, 1.165) is 58.6 Å². The maximum Gasteiger partial charge on any atom is 0.329 e. The van der Waals surface area contributed by atoms with Crippen LogP contribution in [0.4, 0.5) is 11.4 Å². The number of nitrogen functional groups attached to an aromatic ring is 1. The predicted octanol–water partition coefficient (Wildman–Crippen LogP) is -1.12. The number of aromatic amines is 1. The number of H-pyrrole nitrogens is 1. The molecule has 2 aliphatic rings. The van der Waals surface area contributed by atoms with Gasteiger partial charge in [-0.15, -0.1) is 0 Å². The highest BCUT2D eigenvalue weighted by Crippen LogP contribution is 2.29. The molecule has 2 saturated heterocycles. The number of aliphatic hydroxyl groups is 1. The summed E-state index contributed by atoms with van der Waals surface area (Å²) in [5.74, 6) is -30.2. The number of nitrogens with zero attached hydrogens (tertiary/aromatic N) is 2. The molecule has 758 valence electrons. The highest BCUT2D eigenvalue weighted by atomic mass is 35.5. The van der Waals surface area contributed by atoms with Crippen molar-refractivity contribution in [2.45, 2.75) is 216 Å². The number of carboxylic acid groups (broad SMARTS) is 4. The van der Waals surface area contributed by atoms with E-state index in [4.69, 9.17) is 39.4 Å². The number of fused-ring (bicyclic) bond motifs is 1. The second kappa shape index (κ2) is 56.3. The van der Waals surface area contributed by atoms with Crippen LogP contribution in [0.5, 0.6) is 0 Å². The molecule has 0 spiro atoms. The molecule has 3 heterocycles. The highest BCUT2D eigenvalue weighted by molar-refractivity contribution is 6.42. The number of primary amides is 1. The number of aromatic nitrogens is 1. The van der Waals surface area contributed by atoms with Crippen molar-refractivity contribution in [3.8, 4) is 0 Å². The molecule has 0 aliphatic carbocycles. The summed E-state index contributed by atoms with van der Waals surface area (Å²) >= 11 is 12.4. The minimum Gasteiger partial charge on any atom is -0.481 e. The van der Waals surface area contributed by atoms with Crippen molar-refractivity contribution >= 4 is 176 Å². The van der Waals surface area contributed by atoms with Gasteiger partial charge in [0.05, 0.1) is 61.8 Å². The zero-order valence-corrected chi connectivity index (χ0v) is 78.8. The van der Waals surface area contributed by atoms with Gasteiger partial charge >= 0.3 is 29.8 Å². The number of carboxylic acids is 4. The van der Waals surface area contributed by atoms with Crippen molar-refractivity contribution in [1.29, 1.82) is 0 Å². The number of piperazine rings is 1. The van der Waals surface area contributed by atoms with Crippen LogP contribution >= 0.6 is 23.2 Å². The molecule has 2 aliphatic heterocycles. The van der Waals surface area contributed by atoms with Crippen LogP contribution in [-0.4, -0.2) is 285 Å². The number of aliphatic carboxylic acids is 4. The lowest BCUT2D eigenvalue weighted by atomic mass is 9.96. The second-order valence-corrected chi connectivity index (χ2v) is 34.4. The maximum atomic E-state index is 15.1. The third kappa shape index (κ3) is 37.0. The molecule has 2 fully saturated rings. The largest absolute Gasteiger partial charge is 0.481 e. The molecule has 7 rings (SSSR count). The number of amides is 15. The summed E-state index contributed by atoms with van der Waals surface area (Å²) < 4.78 is 5.77. The van der Waals surface area contributed by atoms with Gasteiger partial charge in [0.1, 0.15) is 72.6 Å². The number of anilines is 2. The van der Waals surface area contributed by atoms with E-state index in [2.05, 4.69) is 80.6 Å². The Hall–Kier alpha value is -14.7. The fraction of sp³-hybridized carbons (Fsp3) is 0.467. The molecule has 15 amide bonds. The number of unbranched alkanes of at least 4 members (excludes halogenated alkanes) is 6. The SMILES string of the molecule is CCCCCCCCCC(=O)NC(Cc1c[nH]c2ccccc12)C(=O)NC(CC(N)=O)C(=O)NC(CC(=O)O)C(=O)NC1C(=O)NCC(=O)NC(CCCNCc2ccc(/C=C/C(=O)N3CCN(c4ccc(Cl)c(Cl)c4)CC3)cc2)C(=O)NC(CC(=O)O)C(=O)NC(C)C(=O)NC(CC(=O)O)C(=O)NCC(=O)NC(CO)C(=O)NC(C(C)CC(=O)O)C(=O)NC(CC(=O)c2ccccc2N)C(=O)OC1C. The van der Waals surface area contributed by atoms with Crippen molar-refractivity contribution in [2.75, 3.05) is 63.1 Å². The number of hydrogen-bond donors (Lipinski definition) is 22. The zero-order chi connectivity index (χ0) is 103. The lowest BCUT2D eigenvalue weighted by Crippen LogP contribution is -2.62. The van der Waals surface area contributed by atoms with Crippen LogP contribution in [0.3, 0.4) is 0 Å². The number of para-hydroxylation sites is 2. The third-order valence-corrected chi connectivity index (χ3v) is 23.3. The Balaban J connectivity index is 1.24. The number of ketones is 1. The quantitative estimate of drug-likeness (QED) is 0.00724. The van der Waals surface area contributed by atoms with Gasteiger partial charge in [0.25, 0.3) is 0 Å². The van der Waals surface area contributed by atoms with Gasteiger partial charge in [0.15, 0.2) is 5.78 Å². The lowest BCUT2D eigenvalue weighted by Gasteiger charge is -2.35. The summed E-state index contributed by atoms with van der Waals surface area (Å²) in [7, 11) is 0. The summed E-state index contributed by atoms with van der Waals surface area (Å²) in [6.45, 7) is 3.36. The van der Waals surface area contributed by atoms with Gasteiger partial charge in [0, 0.05) is 92.1 Å². The number of nitrogens with two attached hydrogens (primary N) is 2. The van der Waals surface area contributed by atoms with E-state index >= 15 is 14.4 Å². The molecule has 140 heavy (non-hydrogen) atoms. The van der Waals surface area contributed by atoms with Crippen LogP contribution in [0.25, 0.3) is 17.0 Å². The van der Waals surface area contributed by atoms with Gasteiger partial charge in [-0.05, 0) is 105 Å². The number of benzene rings is 4. The van der Waals surface area contributed by atoms with Crippen molar-refractivity contribution in [3.63, 3.8) is 0 Å². The van der Waals surface area contributed by atoms with Gasteiger partial charge in [-0.1, -0.05) is 130 Å². The summed E-state index contributed by atoms with van der Waals surface area (Å²) in [6.07, 6.45) is 0.500. The Labute approximate surface area is 813 Å². The molecule has 46 nitrogen and oxygen atoms in total. The Bertz CT molecular complexity index is 5340. The number of halogens is 2. The fourth-order valence-electron chi connectivity index (χ4n) is 15.0. The van der Waals surface area contributed by atoms with Crippen LogP contribution in [-0.2, 0) is 114 Å². The normalized spacial score (nSPS) is 20.2. The number of aliphatic hydroxyl groups excluding tert-OH is 1. The number of hydrogen-bond acceptors (Lipinski definition) is 26. The Morgan fingerprint density at radius 3 is 1.77 bits per heavy atom. The first-order valence-corrected chi connectivity index (χ1v) is 46.0. The second-order valence-electron chi connectivity index (χ2n) is 33.6. The molecular formula is C92H119Cl2N19O27. The first kappa shape index (κ1) is 112. The van der Waals surface area contributed by atoms with Crippen LogP contribution in [0.15, 0.2) is 103 Å². The molecule has 48 heteroatoms. The predicted molar refractivity (Wildman–Crippen MR) is 504 cm³/mol. The molecule has 13 atom stereocenters. The first-order chi connectivity index (χ1) is 66.5. The Morgan fingerprint density at radius 2 is 1.14 bits per heavy atom. The smallest absolute Gasteiger partial charge is 0.329 e. The fourth-order valence-corrected chi connectivity index (χ4v) is 15.3. The maximum absolute atomic E-state index is 15.1. The standard InChI is InChI=1S/C92H119Cl2N19O27/c1-5-6-7-8-9-10-11-22-72(117)103-63(37-54-45-98-61-20-15-13-17-56(54)61)86(133)106-64(40-71(96)116)87(134)108-67(43-79(127)128)88(135)111-81-51(4)140-92(139)68(39-70(115)57-18-12-14-19-60(57)95)109-91(138)80(49(2)36-76(121)122)110-89(136)69(48-114)104-74(119)46-99-83(130)65(41-77(123)124)105-82(129)50(3)101-85(132)66(42-78(125)126)107-84(131)62(102-73(118)47-100-90(81)137)21-16-31-97-44-53-25-23-52(24-26-53)27-30-75(120)113-34-32-112(33-35-113)55-28-29-58(93)59(94)38-55/h12-15,17-20,23-30,38,45,49-51,62-69,80-81,97-98,114H,5-11,16,21-22,31-37,39-44,46-48,95H2,1-4H3,(H2,96,116)(H,99,130)(H,100,137)(H,101,132)(H,102,118)(H,103,117)(H,104,119)(H,105,129)(H,106,133)(H,107,131)(H,108,134)(H,109,138)(H,110,136)(H,111,135)(H,121,122)(H,123,124)(H,125,126)(H,127,128)/b30-27+. The summed E-state index contributed by atoms with van der Waals surface area (Å²) in [6, 6.07) is 1.36. The first-order valence-electron chi connectivity index (χ1n) is 45.2. The number of rotatable bonds is 41. The third-order valence-electron chi connectivity index (χ3n) is 22.6.